The third-order valence-corrected chi connectivity index (χ3v) is 8.69. The van der Waals surface area contributed by atoms with Crippen LogP contribution in [0.3, 0.4) is 0 Å². The van der Waals surface area contributed by atoms with Crippen molar-refractivity contribution < 1.29 is 19.7 Å². The van der Waals surface area contributed by atoms with Crippen LogP contribution >= 0.6 is 0 Å². The van der Waals surface area contributed by atoms with Crippen molar-refractivity contribution >= 4 is 11.7 Å². The summed E-state index contributed by atoms with van der Waals surface area (Å²) < 4.78 is 6.42. The fourth-order valence-corrected chi connectivity index (χ4v) is 6.51. The Bertz CT molecular complexity index is 1100. The predicted octanol–water partition coefficient (Wildman–Crippen LogP) is 5.82. The molecule has 186 valence electrons. The van der Waals surface area contributed by atoms with Crippen LogP contribution in [-0.4, -0.2) is 35.4 Å². The van der Waals surface area contributed by atoms with Crippen molar-refractivity contribution in [2.45, 2.75) is 63.4 Å². The van der Waals surface area contributed by atoms with Gasteiger partial charge in [0, 0.05) is 12.0 Å². The van der Waals surface area contributed by atoms with E-state index in [0.717, 1.165) is 44.2 Å². The Labute approximate surface area is 208 Å². The number of fused-ring (bicyclic) bond motifs is 3. The number of carboxylic acid groups (broad SMARTS) is 1. The fourth-order valence-electron chi connectivity index (χ4n) is 6.51. The standard InChI is InChI=1S/C30H37NO4/c1-2-3-4-9-27(32)24-14-11-21(24)16-23-13-10-20-7-5-6-8-25(20)30(23)18-31-26-17-22(29(33)34)12-15-28(26)35-19-30/h4-9,12,15,17,21,23-24,27,31-32H,2-3,10-11,13-14,16,18-19H2,1H3,(H,33,34)/b9-4+/t21-,23?,24-,27+,30?/m1/s1. The first-order valence-corrected chi connectivity index (χ1v) is 13.2. The lowest BCUT2D eigenvalue weighted by molar-refractivity contribution is 0.0143. The van der Waals surface area contributed by atoms with Crippen LogP contribution in [0.2, 0.25) is 0 Å². The van der Waals surface area contributed by atoms with Gasteiger partial charge in [-0.2, -0.15) is 0 Å². The van der Waals surface area contributed by atoms with E-state index in [9.17, 15) is 15.0 Å². The van der Waals surface area contributed by atoms with Crippen molar-refractivity contribution in [1.29, 1.82) is 0 Å². The fraction of sp³-hybridized carbons (Fsp3) is 0.500. The molecule has 2 aromatic rings. The number of ether oxygens (including phenoxy) is 1. The topological polar surface area (TPSA) is 78.8 Å². The molecule has 1 fully saturated rings. The van der Waals surface area contributed by atoms with Gasteiger partial charge in [-0.25, -0.2) is 4.79 Å². The zero-order valence-electron chi connectivity index (χ0n) is 20.6. The molecule has 1 aliphatic heterocycles. The maximum atomic E-state index is 11.5. The number of aliphatic hydroxyl groups excluding tert-OH is 1. The normalized spacial score (nSPS) is 28.2. The lowest BCUT2D eigenvalue weighted by Crippen LogP contribution is -2.50. The van der Waals surface area contributed by atoms with Gasteiger partial charge in [-0.1, -0.05) is 49.8 Å². The number of aliphatic hydroxyl groups is 1. The number of allylic oxidation sites excluding steroid dienone is 1. The van der Waals surface area contributed by atoms with Gasteiger partial charge in [-0.15, -0.1) is 0 Å². The molecule has 2 unspecified atom stereocenters. The second kappa shape index (κ2) is 10.1. The smallest absolute Gasteiger partial charge is 0.335 e. The molecule has 5 rings (SSSR count). The van der Waals surface area contributed by atoms with Crippen molar-refractivity contribution in [2.24, 2.45) is 17.8 Å². The zero-order valence-corrected chi connectivity index (χ0v) is 20.6. The molecule has 2 aliphatic carbocycles. The quantitative estimate of drug-likeness (QED) is 0.440. The summed E-state index contributed by atoms with van der Waals surface area (Å²) >= 11 is 0. The lowest BCUT2D eigenvalue weighted by atomic mass is 9.57. The largest absolute Gasteiger partial charge is 0.490 e. The molecule has 0 amide bonds. The number of anilines is 1. The summed E-state index contributed by atoms with van der Waals surface area (Å²) in [5.41, 5.74) is 3.56. The first kappa shape index (κ1) is 23.9. The summed E-state index contributed by atoms with van der Waals surface area (Å²) in [4.78, 5) is 11.5. The number of hydrogen-bond donors (Lipinski definition) is 3. The molecule has 0 aromatic heterocycles. The molecule has 3 aliphatic rings. The van der Waals surface area contributed by atoms with Crippen molar-refractivity contribution in [3.05, 3.63) is 71.3 Å². The molecular formula is C30H37NO4. The molecule has 35 heavy (non-hydrogen) atoms. The van der Waals surface area contributed by atoms with Gasteiger partial charge in [0.2, 0.25) is 0 Å². The van der Waals surface area contributed by atoms with Crippen LogP contribution in [0.15, 0.2) is 54.6 Å². The molecule has 5 nitrogen and oxygen atoms in total. The highest BCUT2D eigenvalue weighted by molar-refractivity contribution is 5.89. The van der Waals surface area contributed by atoms with Crippen LogP contribution in [0.5, 0.6) is 5.75 Å². The molecule has 0 radical (unpaired) electrons. The number of hydrogen-bond acceptors (Lipinski definition) is 4. The first-order valence-electron chi connectivity index (χ1n) is 13.2. The molecule has 5 heteroatoms. The number of carboxylic acids is 1. The van der Waals surface area contributed by atoms with Gasteiger partial charge in [0.05, 0.1) is 24.0 Å². The number of benzene rings is 2. The van der Waals surface area contributed by atoms with Gasteiger partial charge >= 0.3 is 5.97 Å². The Morgan fingerprint density at radius 3 is 2.86 bits per heavy atom. The maximum absolute atomic E-state index is 11.5. The average molecular weight is 476 g/mol. The highest BCUT2D eigenvalue weighted by atomic mass is 16.5. The highest BCUT2D eigenvalue weighted by Gasteiger charge is 2.48. The van der Waals surface area contributed by atoms with Crippen LogP contribution in [0.4, 0.5) is 5.69 Å². The summed E-state index contributed by atoms with van der Waals surface area (Å²) in [5, 5.41) is 23.8. The molecule has 3 N–H and O–H groups in total. The van der Waals surface area contributed by atoms with E-state index in [1.165, 1.54) is 17.5 Å². The van der Waals surface area contributed by atoms with Gasteiger partial charge in [0.1, 0.15) is 5.75 Å². The Balaban J connectivity index is 1.41. The van der Waals surface area contributed by atoms with Crippen LogP contribution in [0.25, 0.3) is 0 Å². The Morgan fingerprint density at radius 1 is 1.23 bits per heavy atom. The minimum atomic E-state index is -0.933. The second-order valence-electron chi connectivity index (χ2n) is 10.7. The monoisotopic (exact) mass is 475 g/mol. The average Bonchev–Trinajstić information content (AvgIpc) is 3.03. The Kier molecular flexibility index (Phi) is 6.88. The number of aromatic carboxylic acids is 1. The van der Waals surface area contributed by atoms with E-state index in [1.807, 2.05) is 6.08 Å². The molecule has 5 atom stereocenters. The van der Waals surface area contributed by atoms with E-state index in [2.05, 4.69) is 42.6 Å². The molecule has 1 saturated carbocycles. The first-order chi connectivity index (χ1) is 17.0. The summed E-state index contributed by atoms with van der Waals surface area (Å²) in [6.07, 6.45) is 11.4. The minimum Gasteiger partial charge on any atom is -0.490 e. The molecule has 2 aromatic carbocycles. The van der Waals surface area contributed by atoms with E-state index >= 15 is 0 Å². The molecule has 0 bridgehead atoms. The van der Waals surface area contributed by atoms with Crippen LogP contribution in [0.1, 0.15) is 66.9 Å². The molecule has 0 saturated heterocycles. The van der Waals surface area contributed by atoms with Crippen molar-refractivity contribution in [1.82, 2.24) is 0 Å². The Morgan fingerprint density at radius 2 is 2.09 bits per heavy atom. The predicted molar refractivity (Wildman–Crippen MR) is 138 cm³/mol. The Hall–Kier alpha value is -2.79. The summed E-state index contributed by atoms with van der Waals surface area (Å²) in [6, 6.07) is 13.8. The number of unbranched alkanes of at least 4 members (excludes halogenated alkanes) is 1. The van der Waals surface area contributed by atoms with E-state index in [1.54, 1.807) is 18.2 Å². The van der Waals surface area contributed by atoms with Crippen molar-refractivity contribution in [3.63, 3.8) is 0 Å². The third kappa shape index (κ3) is 4.58. The van der Waals surface area contributed by atoms with Crippen LogP contribution in [-0.2, 0) is 11.8 Å². The SMILES string of the molecule is CCC/C=C/[C@H](O)[C@@H]1CC[C@@H]1CC1CCc2ccccc2C12CNc1cc(C(=O)O)ccc1OC2. The molecular weight excluding hydrogens is 438 g/mol. The van der Waals surface area contributed by atoms with Crippen LogP contribution < -0.4 is 10.1 Å². The summed E-state index contributed by atoms with van der Waals surface area (Å²) in [5.74, 6) is 1.07. The van der Waals surface area contributed by atoms with Crippen molar-refractivity contribution in [3.8, 4) is 5.75 Å². The zero-order chi connectivity index (χ0) is 24.4. The molecule has 1 spiro atoms. The number of carbonyl (C=O) groups is 1. The van der Waals surface area contributed by atoms with Gasteiger partial charge in [0.15, 0.2) is 0 Å². The highest BCUT2D eigenvalue weighted by Crippen LogP contribution is 2.51. The van der Waals surface area contributed by atoms with E-state index in [0.29, 0.717) is 36.7 Å². The van der Waals surface area contributed by atoms with Gasteiger partial charge in [-0.3, -0.25) is 0 Å². The van der Waals surface area contributed by atoms with Gasteiger partial charge in [-0.05, 0) is 85.6 Å². The van der Waals surface area contributed by atoms with Crippen molar-refractivity contribution in [2.75, 3.05) is 18.5 Å². The number of rotatable bonds is 7. The van der Waals surface area contributed by atoms with E-state index in [-0.39, 0.29) is 17.1 Å². The van der Waals surface area contributed by atoms with E-state index < -0.39 is 5.97 Å². The second-order valence-corrected chi connectivity index (χ2v) is 10.7. The minimum absolute atomic E-state index is 0.194. The lowest BCUT2D eigenvalue weighted by Gasteiger charge is -2.49. The summed E-state index contributed by atoms with van der Waals surface area (Å²) in [6.45, 7) is 3.44. The third-order valence-electron chi connectivity index (χ3n) is 8.69. The van der Waals surface area contributed by atoms with Gasteiger partial charge in [0.25, 0.3) is 0 Å². The maximum Gasteiger partial charge on any atom is 0.335 e. The van der Waals surface area contributed by atoms with E-state index in [4.69, 9.17) is 4.74 Å². The van der Waals surface area contributed by atoms with Gasteiger partial charge < -0.3 is 20.3 Å². The number of nitrogens with one attached hydrogen (secondary N) is 1. The van der Waals surface area contributed by atoms with Crippen LogP contribution in [0, 0.1) is 17.8 Å². The molecule has 1 heterocycles. The summed E-state index contributed by atoms with van der Waals surface area (Å²) in [7, 11) is 0. The number of aryl methyl sites for hydroxylation is 1.